The van der Waals surface area contributed by atoms with Crippen molar-refractivity contribution >= 4 is 51.7 Å². The van der Waals surface area contributed by atoms with Gasteiger partial charge in [0.15, 0.2) is 0 Å². The molecule has 7 nitrogen and oxygen atoms in total. The van der Waals surface area contributed by atoms with Gasteiger partial charge < -0.3 is 10.1 Å². The summed E-state index contributed by atoms with van der Waals surface area (Å²) in [6.07, 6.45) is 9.77. The number of thioether (sulfide) groups is 1. The molecule has 9 heteroatoms. The van der Waals surface area contributed by atoms with Crippen molar-refractivity contribution in [1.29, 1.82) is 0 Å². The predicted octanol–water partition coefficient (Wildman–Crippen LogP) is 4.38. The van der Waals surface area contributed by atoms with Gasteiger partial charge in [0, 0.05) is 32.0 Å². The minimum absolute atomic E-state index is 0.168. The van der Waals surface area contributed by atoms with Crippen molar-refractivity contribution in [3.05, 3.63) is 44.7 Å². The number of aryl methyl sites for hydroxylation is 1. The molecule has 176 valence electrons. The molecular weight excluding hydrogens is 456 g/mol. The number of aromatic nitrogens is 2. The molecule has 2 fully saturated rings. The molecule has 2 aromatic heterocycles. The van der Waals surface area contributed by atoms with Gasteiger partial charge in [-0.15, -0.1) is 0 Å². The molecule has 0 bridgehead atoms. The minimum atomic E-state index is -0.191. The van der Waals surface area contributed by atoms with Crippen LogP contribution in [0.4, 0.5) is 5.82 Å². The third kappa shape index (κ3) is 5.31. The Morgan fingerprint density at radius 1 is 1.30 bits per heavy atom. The lowest BCUT2D eigenvalue weighted by Gasteiger charge is -2.24. The zero-order valence-corrected chi connectivity index (χ0v) is 20.8. The van der Waals surface area contributed by atoms with E-state index in [-0.39, 0.29) is 17.5 Å². The number of nitrogens with zero attached hydrogens (tertiary/aromatic N) is 3. The molecule has 1 N–H and O–H groups in total. The molecule has 0 atom stereocenters. The number of amides is 1. The van der Waals surface area contributed by atoms with E-state index < -0.39 is 0 Å². The maximum atomic E-state index is 13.5. The second kappa shape index (κ2) is 10.8. The number of ether oxygens (including phenoxy) is 1. The molecule has 2 aliphatic rings. The van der Waals surface area contributed by atoms with Gasteiger partial charge in [-0.3, -0.25) is 18.9 Å². The molecule has 1 amide bonds. The zero-order valence-electron chi connectivity index (χ0n) is 19.1. The van der Waals surface area contributed by atoms with Crippen LogP contribution in [0.2, 0.25) is 0 Å². The van der Waals surface area contributed by atoms with Crippen molar-refractivity contribution in [2.45, 2.75) is 58.4 Å². The number of rotatable bonds is 8. The monoisotopic (exact) mass is 486 g/mol. The van der Waals surface area contributed by atoms with E-state index in [4.69, 9.17) is 21.9 Å². The molecule has 1 aliphatic heterocycles. The van der Waals surface area contributed by atoms with Crippen LogP contribution in [0.3, 0.4) is 0 Å². The van der Waals surface area contributed by atoms with Crippen LogP contribution >= 0.6 is 24.0 Å². The molecule has 0 spiro atoms. The van der Waals surface area contributed by atoms with E-state index in [0.29, 0.717) is 52.4 Å². The Morgan fingerprint density at radius 2 is 2.09 bits per heavy atom. The second-order valence-electron chi connectivity index (χ2n) is 8.43. The summed E-state index contributed by atoms with van der Waals surface area (Å²) < 4.78 is 7.44. The molecule has 0 radical (unpaired) electrons. The average molecular weight is 487 g/mol. The molecule has 0 unspecified atom stereocenters. The van der Waals surface area contributed by atoms with Crippen LogP contribution in [0.15, 0.2) is 28.0 Å². The van der Waals surface area contributed by atoms with Crippen LogP contribution in [0, 0.1) is 6.92 Å². The van der Waals surface area contributed by atoms with Gasteiger partial charge in [0.1, 0.15) is 15.8 Å². The lowest BCUT2D eigenvalue weighted by molar-refractivity contribution is -0.122. The van der Waals surface area contributed by atoms with Crippen molar-refractivity contribution in [2.75, 3.05) is 25.1 Å². The standard InChI is InChI=1S/C24H30N4O3S2/c1-3-31-14-8-13-28-23(30)19(33-24(28)32)15-18-20(25-17-10-5-4-6-11-17)26-21-16(2)9-7-12-27(21)22(18)29/h7,9,12,15,17,25H,3-6,8,10-11,13-14H2,1-2H3/b19-15+. The lowest BCUT2D eigenvalue weighted by atomic mass is 9.95. The van der Waals surface area contributed by atoms with E-state index in [0.717, 1.165) is 18.4 Å². The van der Waals surface area contributed by atoms with Crippen LogP contribution in [0.1, 0.15) is 56.6 Å². The molecule has 0 aromatic carbocycles. The van der Waals surface area contributed by atoms with E-state index in [1.165, 1.54) is 31.0 Å². The number of nitrogens with one attached hydrogen (secondary N) is 1. The van der Waals surface area contributed by atoms with Gasteiger partial charge in [-0.05, 0) is 50.8 Å². The molecule has 1 saturated carbocycles. The molecule has 1 saturated heterocycles. The van der Waals surface area contributed by atoms with E-state index in [1.807, 2.05) is 26.0 Å². The van der Waals surface area contributed by atoms with Crippen molar-refractivity contribution in [3.8, 4) is 0 Å². The maximum Gasteiger partial charge on any atom is 0.267 e. The van der Waals surface area contributed by atoms with Gasteiger partial charge in [-0.2, -0.15) is 0 Å². The summed E-state index contributed by atoms with van der Waals surface area (Å²) in [5.74, 6) is 0.377. The number of carbonyl (C=O) groups excluding carboxylic acids is 1. The maximum absolute atomic E-state index is 13.5. The van der Waals surface area contributed by atoms with Crippen molar-refractivity contribution in [3.63, 3.8) is 0 Å². The van der Waals surface area contributed by atoms with Gasteiger partial charge in [-0.25, -0.2) is 4.98 Å². The Kier molecular flexibility index (Phi) is 7.82. The van der Waals surface area contributed by atoms with Crippen LogP contribution in [0.5, 0.6) is 0 Å². The summed E-state index contributed by atoms with van der Waals surface area (Å²) in [7, 11) is 0. The van der Waals surface area contributed by atoms with Crippen LogP contribution in [0.25, 0.3) is 11.7 Å². The average Bonchev–Trinajstić information content (AvgIpc) is 3.08. The number of carbonyl (C=O) groups is 1. The minimum Gasteiger partial charge on any atom is -0.382 e. The van der Waals surface area contributed by atoms with E-state index >= 15 is 0 Å². The first-order chi connectivity index (χ1) is 16.0. The fraction of sp³-hybridized carbons (Fsp3) is 0.500. The van der Waals surface area contributed by atoms with Gasteiger partial charge in [0.05, 0.1) is 10.5 Å². The third-order valence-electron chi connectivity index (χ3n) is 6.05. The summed E-state index contributed by atoms with van der Waals surface area (Å²) in [4.78, 5) is 33.4. The highest BCUT2D eigenvalue weighted by atomic mass is 32.2. The third-order valence-corrected chi connectivity index (χ3v) is 7.43. The van der Waals surface area contributed by atoms with Crippen LogP contribution in [-0.4, -0.2) is 50.3 Å². The van der Waals surface area contributed by atoms with Crippen molar-refractivity contribution in [1.82, 2.24) is 14.3 Å². The smallest absolute Gasteiger partial charge is 0.267 e. The highest BCUT2D eigenvalue weighted by Gasteiger charge is 2.32. The fourth-order valence-electron chi connectivity index (χ4n) is 4.29. The van der Waals surface area contributed by atoms with Crippen molar-refractivity contribution in [2.24, 2.45) is 0 Å². The van der Waals surface area contributed by atoms with Gasteiger partial charge in [0.25, 0.3) is 11.5 Å². The second-order valence-corrected chi connectivity index (χ2v) is 10.1. The number of pyridine rings is 1. The highest BCUT2D eigenvalue weighted by molar-refractivity contribution is 8.26. The number of fused-ring (bicyclic) bond motifs is 1. The molecule has 1 aliphatic carbocycles. The summed E-state index contributed by atoms with van der Waals surface area (Å²) >= 11 is 6.69. The number of hydrogen-bond acceptors (Lipinski definition) is 7. The molecular formula is C24H30N4O3S2. The summed E-state index contributed by atoms with van der Waals surface area (Å²) in [5, 5.41) is 3.52. The first kappa shape index (κ1) is 23.9. The van der Waals surface area contributed by atoms with Crippen molar-refractivity contribution < 1.29 is 9.53 Å². The Morgan fingerprint density at radius 3 is 2.85 bits per heavy atom. The lowest BCUT2D eigenvalue weighted by Crippen LogP contribution is -2.30. The number of anilines is 1. The first-order valence-electron chi connectivity index (χ1n) is 11.6. The predicted molar refractivity (Wildman–Crippen MR) is 138 cm³/mol. The number of thiocarbonyl (C=S) groups is 1. The fourth-order valence-corrected chi connectivity index (χ4v) is 5.58. The zero-order chi connectivity index (χ0) is 23.4. The molecule has 4 rings (SSSR count). The molecule has 2 aromatic rings. The van der Waals surface area contributed by atoms with Gasteiger partial charge >= 0.3 is 0 Å². The summed E-state index contributed by atoms with van der Waals surface area (Å²) in [6, 6.07) is 4.05. The Labute approximate surface area is 203 Å². The van der Waals surface area contributed by atoms with Crippen LogP contribution < -0.4 is 10.9 Å². The van der Waals surface area contributed by atoms with Crippen LogP contribution in [-0.2, 0) is 9.53 Å². The first-order valence-corrected chi connectivity index (χ1v) is 12.8. The largest absolute Gasteiger partial charge is 0.382 e. The Bertz CT molecular complexity index is 1140. The molecule has 33 heavy (non-hydrogen) atoms. The van der Waals surface area contributed by atoms with E-state index in [9.17, 15) is 9.59 Å². The summed E-state index contributed by atoms with van der Waals surface area (Å²) in [5.41, 5.74) is 1.76. The van der Waals surface area contributed by atoms with E-state index in [1.54, 1.807) is 21.6 Å². The molecule has 3 heterocycles. The Balaban J connectivity index is 1.69. The van der Waals surface area contributed by atoms with Gasteiger partial charge in [0.2, 0.25) is 0 Å². The normalized spacial score (nSPS) is 18.6. The van der Waals surface area contributed by atoms with Gasteiger partial charge in [-0.1, -0.05) is 49.3 Å². The highest BCUT2D eigenvalue weighted by Crippen LogP contribution is 2.33. The topological polar surface area (TPSA) is 75.9 Å². The van der Waals surface area contributed by atoms with E-state index in [2.05, 4.69) is 5.32 Å². The quantitative estimate of drug-likeness (QED) is 0.337. The Hall–Kier alpha value is -2.23. The number of hydrogen-bond donors (Lipinski definition) is 1. The summed E-state index contributed by atoms with van der Waals surface area (Å²) in [6.45, 7) is 5.62. The SMILES string of the molecule is CCOCCCN1C(=O)/C(=C\c2c(NC3CCCCC3)nc3c(C)cccn3c2=O)SC1=S.